The van der Waals surface area contributed by atoms with Gasteiger partial charge in [0.1, 0.15) is 27.8 Å². The summed E-state index contributed by atoms with van der Waals surface area (Å²) in [4.78, 5) is 27.3. The monoisotopic (exact) mass is 384 g/mol. The molecule has 1 aliphatic rings. The van der Waals surface area contributed by atoms with Gasteiger partial charge in [0.05, 0.1) is 5.69 Å². The lowest BCUT2D eigenvalue weighted by Gasteiger charge is -2.40. The van der Waals surface area contributed by atoms with Crippen molar-refractivity contribution < 1.29 is 23.1 Å². The van der Waals surface area contributed by atoms with Gasteiger partial charge in [-0.3, -0.25) is 14.5 Å². The molecule has 1 aliphatic heterocycles. The number of amides is 2. The number of carbonyl (C=O) groups excluding carboxylic acids is 2. The zero-order valence-corrected chi connectivity index (χ0v) is 16.2. The molecule has 26 heavy (non-hydrogen) atoms. The molecule has 0 spiro atoms. The molecule has 142 valence electrons. The molecule has 0 fully saturated rings. The predicted molar refractivity (Wildman–Crippen MR) is 97.3 cm³/mol. The van der Waals surface area contributed by atoms with Crippen LogP contribution in [0.25, 0.3) is 0 Å². The molecule has 0 atom stereocenters. The molecule has 0 saturated heterocycles. The second-order valence-corrected chi connectivity index (χ2v) is 8.28. The van der Waals surface area contributed by atoms with Crippen molar-refractivity contribution in [1.29, 1.82) is 0 Å². The predicted octanol–water partition coefficient (Wildman–Crippen LogP) is 3.87. The summed E-state index contributed by atoms with van der Waals surface area (Å²) >= 11 is 1.36. The quantitative estimate of drug-likeness (QED) is 0.837. The van der Waals surface area contributed by atoms with E-state index >= 15 is 0 Å². The number of carbonyl (C=O) groups is 2. The van der Waals surface area contributed by atoms with Crippen LogP contribution in [-0.2, 0) is 14.3 Å². The summed E-state index contributed by atoms with van der Waals surface area (Å²) in [5, 5.41) is 2.57. The zero-order valence-electron chi connectivity index (χ0n) is 15.4. The van der Waals surface area contributed by atoms with Gasteiger partial charge in [-0.25, -0.2) is 8.78 Å². The number of allylic oxidation sites excluding steroid dienone is 1. The van der Waals surface area contributed by atoms with Crippen LogP contribution in [0.3, 0.4) is 0 Å². The molecule has 1 heterocycles. The molecular weight excluding hydrogens is 362 g/mol. The van der Waals surface area contributed by atoms with Crippen LogP contribution in [0.1, 0.15) is 34.6 Å². The van der Waals surface area contributed by atoms with Gasteiger partial charge in [0, 0.05) is 11.3 Å². The maximum absolute atomic E-state index is 13.8. The Balaban J connectivity index is 2.23. The van der Waals surface area contributed by atoms with Crippen molar-refractivity contribution >= 4 is 29.3 Å². The molecule has 1 N–H and O–H groups in total. The number of nitrogens with one attached hydrogen (secondary N) is 1. The van der Waals surface area contributed by atoms with Crippen molar-refractivity contribution in [3.63, 3.8) is 0 Å². The highest BCUT2D eigenvalue weighted by atomic mass is 32.2. The number of hydrogen-bond donors (Lipinski definition) is 1. The maximum Gasteiger partial charge on any atom is 0.267 e. The number of benzene rings is 1. The lowest BCUT2D eigenvalue weighted by Crippen LogP contribution is -2.57. The minimum Gasteiger partial charge on any atom is -0.476 e. The Labute approximate surface area is 155 Å². The van der Waals surface area contributed by atoms with Gasteiger partial charge in [0.25, 0.3) is 5.91 Å². The van der Waals surface area contributed by atoms with Gasteiger partial charge in [-0.15, -0.1) is 11.8 Å². The highest BCUT2D eigenvalue weighted by molar-refractivity contribution is 8.04. The van der Waals surface area contributed by atoms with Crippen LogP contribution in [0.15, 0.2) is 28.9 Å². The van der Waals surface area contributed by atoms with E-state index in [9.17, 15) is 18.4 Å². The molecule has 1 aromatic carbocycles. The largest absolute Gasteiger partial charge is 0.476 e. The zero-order chi connectivity index (χ0) is 19.6. The van der Waals surface area contributed by atoms with Gasteiger partial charge in [0.15, 0.2) is 6.73 Å². The summed E-state index contributed by atoms with van der Waals surface area (Å²) in [6, 6.07) is 2.86. The first-order chi connectivity index (χ1) is 12.0. The summed E-state index contributed by atoms with van der Waals surface area (Å²) in [7, 11) is 0. The molecule has 0 radical (unpaired) electrons. The van der Waals surface area contributed by atoms with Crippen LogP contribution < -0.4 is 5.32 Å². The van der Waals surface area contributed by atoms with Gasteiger partial charge >= 0.3 is 0 Å². The van der Waals surface area contributed by atoms with Crippen LogP contribution in [0.2, 0.25) is 0 Å². The Hall–Kier alpha value is -2.09. The van der Waals surface area contributed by atoms with E-state index in [0.29, 0.717) is 16.7 Å². The molecule has 8 heteroatoms. The minimum absolute atomic E-state index is 0.0842. The van der Waals surface area contributed by atoms with Crippen molar-refractivity contribution in [2.45, 2.75) is 45.4 Å². The summed E-state index contributed by atoms with van der Waals surface area (Å²) in [6.07, 6.45) is 0. The lowest BCUT2D eigenvalue weighted by atomic mass is 10.0. The average molecular weight is 384 g/mol. The number of ether oxygens (including phenoxy) is 1. The number of thioether (sulfide) groups is 1. The first-order valence-corrected chi connectivity index (χ1v) is 9.00. The molecule has 0 aromatic heterocycles. The fourth-order valence-electron chi connectivity index (χ4n) is 2.33. The standard InChI is InChI=1S/C18H22F2N2O3S/c1-10(2)26-15-11(3)25-9-22(16(15)23)18(4,5)17(24)21-14-7-6-12(19)8-13(14)20/h6-8,10H,9H2,1-5H3,(H,21,24). The van der Waals surface area contributed by atoms with E-state index in [1.807, 2.05) is 13.8 Å². The van der Waals surface area contributed by atoms with Gasteiger partial charge in [-0.2, -0.15) is 0 Å². The third kappa shape index (κ3) is 4.17. The molecule has 0 saturated carbocycles. The molecule has 2 amide bonds. The van der Waals surface area contributed by atoms with Crippen molar-refractivity contribution in [2.75, 3.05) is 12.0 Å². The number of halogens is 2. The number of hydrogen-bond acceptors (Lipinski definition) is 4. The first-order valence-electron chi connectivity index (χ1n) is 8.13. The Bertz CT molecular complexity index is 763. The molecule has 0 bridgehead atoms. The SMILES string of the molecule is CC1=C(SC(C)C)C(=O)N(C(C)(C)C(=O)Nc2ccc(F)cc2F)CO1. The fourth-order valence-corrected chi connectivity index (χ4v) is 3.24. The Kier molecular flexibility index (Phi) is 5.95. The van der Waals surface area contributed by atoms with Crippen molar-refractivity contribution in [1.82, 2.24) is 4.90 Å². The topological polar surface area (TPSA) is 58.6 Å². The molecule has 5 nitrogen and oxygen atoms in total. The first kappa shape index (κ1) is 20.2. The molecule has 0 unspecified atom stereocenters. The third-order valence-corrected chi connectivity index (χ3v) is 5.10. The third-order valence-electron chi connectivity index (χ3n) is 3.93. The average Bonchev–Trinajstić information content (AvgIpc) is 2.53. The summed E-state index contributed by atoms with van der Waals surface area (Å²) < 4.78 is 32.4. The Morgan fingerprint density at radius 1 is 1.35 bits per heavy atom. The van der Waals surface area contributed by atoms with E-state index in [0.717, 1.165) is 12.1 Å². The van der Waals surface area contributed by atoms with Gasteiger partial charge < -0.3 is 10.1 Å². The van der Waals surface area contributed by atoms with Crippen molar-refractivity contribution in [3.8, 4) is 0 Å². The van der Waals surface area contributed by atoms with Crippen molar-refractivity contribution in [2.24, 2.45) is 0 Å². The van der Waals surface area contributed by atoms with Crippen LogP contribution in [0, 0.1) is 11.6 Å². The van der Waals surface area contributed by atoms with Gasteiger partial charge in [-0.1, -0.05) is 13.8 Å². The summed E-state index contributed by atoms with van der Waals surface area (Å²) in [5.74, 6) is -2.02. The Morgan fingerprint density at radius 2 is 2.00 bits per heavy atom. The smallest absolute Gasteiger partial charge is 0.267 e. The minimum atomic E-state index is -1.30. The molecule has 1 aromatic rings. The van der Waals surface area contributed by atoms with Crippen LogP contribution in [-0.4, -0.2) is 34.2 Å². The Morgan fingerprint density at radius 3 is 2.58 bits per heavy atom. The second-order valence-electron chi connectivity index (χ2n) is 6.70. The lowest BCUT2D eigenvalue weighted by molar-refractivity contribution is -0.148. The maximum atomic E-state index is 13.8. The van der Waals surface area contributed by atoms with Crippen LogP contribution in [0.5, 0.6) is 0 Å². The van der Waals surface area contributed by atoms with Crippen molar-refractivity contribution in [3.05, 3.63) is 40.5 Å². The van der Waals surface area contributed by atoms with E-state index in [4.69, 9.17) is 4.74 Å². The molecule has 2 rings (SSSR count). The number of anilines is 1. The molecule has 0 aliphatic carbocycles. The molecular formula is C18H22F2N2O3S. The number of nitrogens with zero attached hydrogens (tertiary/aromatic N) is 1. The highest BCUT2D eigenvalue weighted by Gasteiger charge is 2.42. The van der Waals surface area contributed by atoms with E-state index in [1.54, 1.807) is 20.8 Å². The normalized spacial score (nSPS) is 15.4. The van der Waals surface area contributed by atoms with E-state index in [2.05, 4.69) is 5.32 Å². The van der Waals surface area contributed by atoms with E-state index in [-0.39, 0.29) is 23.6 Å². The summed E-state index contributed by atoms with van der Waals surface area (Å²) in [6.45, 7) is 8.62. The van der Waals surface area contributed by atoms with E-state index < -0.39 is 23.1 Å². The van der Waals surface area contributed by atoms with E-state index in [1.165, 1.54) is 16.7 Å². The van der Waals surface area contributed by atoms with Crippen LogP contribution in [0.4, 0.5) is 14.5 Å². The van der Waals surface area contributed by atoms with Crippen LogP contribution >= 0.6 is 11.8 Å². The van der Waals surface area contributed by atoms with Gasteiger partial charge in [0.2, 0.25) is 5.91 Å². The number of rotatable bonds is 5. The fraction of sp³-hybridized carbons (Fsp3) is 0.444. The highest BCUT2D eigenvalue weighted by Crippen LogP contribution is 2.33. The van der Waals surface area contributed by atoms with Gasteiger partial charge in [-0.05, 0) is 32.9 Å². The second kappa shape index (κ2) is 7.65. The summed E-state index contributed by atoms with van der Waals surface area (Å²) in [5.41, 5.74) is -1.46.